The zero-order valence-corrected chi connectivity index (χ0v) is 11.8. The first kappa shape index (κ1) is 17.0. The van der Waals surface area contributed by atoms with Crippen LogP contribution in [0, 0.1) is 0 Å². The van der Waals surface area contributed by atoms with Gasteiger partial charge in [-0.2, -0.15) is 0 Å². The molecule has 9 heteroatoms. The predicted octanol–water partition coefficient (Wildman–Crippen LogP) is -3.08. The molecule has 0 spiro atoms. The number of hydrogen-bond donors (Lipinski definition) is 5. The number of methoxy groups -OCH3 is 1. The molecule has 0 saturated carbocycles. The summed E-state index contributed by atoms with van der Waals surface area (Å²) in [4.78, 5) is 0. The highest BCUT2D eigenvalue weighted by Crippen LogP contribution is 2.26. The van der Waals surface area contributed by atoms with Crippen LogP contribution < -0.4 is 0 Å². The standard InChI is InChI=1S/C12H22O9/c1-4-6(13)8(15)10(17)12(20-4)21-5-3-19-11(18-2)9(16)7(5)14/h4-17H,3H2,1-2H3. The fraction of sp³-hybridized carbons (Fsp3) is 1.00. The first-order chi connectivity index (χ1) is 9.86. The van der Waals surface area contributed by atoms with Crippen LogP contribution in [0.25, 0.3) is 0 Å². The minimum Gasteiger partial charge on any atom is -0.388 e. The van der Waals surface area contributed by atoms with Crippen LogP contribution in [0.4, 0.5) is 0 Å². The van der Waals surface area contributed by atoms with Crippen molar-refractivity contribution in [3.63, 3.8) is 0 Å². The van der Waals surface area contributed by atoms with E-state index in [2.05, 4.69) is 0 Å². The van der Waals surface area contributed by atoms with Crippen molar-refractivity contribution in [2.75, 3.05) is 13.7 Å². The highest BCUT2D eigenvalue weighted by atomic mass is 16.7. The van der Waals surface area contributed by atoms with E-state index in [-0.39, 0.29) is 6.61 Å². The van der Waals surface area contributed by atoms with Crippen LogP contribution in [0.1, 0.15) is 6.92 Å². The molecule has 0 aromatic carbocycles. The smallest absolute Gasteiger partial charge is 0.187 e. The molecule has 2 aliphatic rings. The van der Waals surface area contributed by atoms with Crippen molar-refractivity contribution in [3.05, 3.63) is 0 Å². The van der Waals surface area contributed by atoms with E-state index in [1.165, 1.54) is 14.0 Å². The molecular weight excluding hydrogens is 288 g/mol. The van der Waals surface area contributed by atoms with Gasteiger partial charge in [0, 0.05) is 7.11 Å². The Bertz CT molecular complexity index is 341. The van der Waals surface area contributed by atoms with E-state index in [9.17, 15) is 25.5 Å². The van der Waals surface area contributed by atoms with Gasteiger partial charge in [-0.3, -0.25) is 0 Å². The van der Waals surface area contributed by atoms with Crippen LogP contribution in [0.5, 0.6) is 0 Å². The maximum absolute atomic E-state index is 9.96. The summed E-state index contributed by atoms with van der Waals surface area (Å²) in [6.45, 7) is 1.43. The van der Waals surface area contributed by atoms with E-state index in [0.29, 0.717) is 0 Å². The van der Waals surface area contributed by atoms with Gasteiger partial charge in [0.1, 0.15) is 36.6 Å². The third kappa shape index (κ3) is 3.36. The minimum atomic E-state index is -1.49. The topological polar surface area (TPSA) is 138 Å². The van der Waals surface area contributed by atoms with Gasteiger partial charge >= 0.3 is 0 Å². The summed E-state index contributed by atoms with van der Waals surface area (Å²) in [7, 11) is 1.33. The van der Waals surface area contributed by atoms with E-state index in [1.807, 2.05) is 0 Å². The molecule has 0 aromatic rings. The first-order valence-corrected chi connectivity index (χ1v) is 6.72. The van der Waals surface area contributed by atoms with Gasteiger partial charge in [-0.05, 0) is 6.92 Å². The SMILES string of the molecule is COC1OCC(OC2OC(C)C(O)C(O)C2O)C(O)C1O. The predicted molar refractivity (Wildman–Crippen MR) is 66.0 cm³/mol. The quantitative estimate of drug-likeness (QED) is 0.367. The van der Waals surface area contributed by atoms with Crippen molar-refractivity contribution in [3.8, 4) is 0 Å². The Labute approximate surface area is 121 Å². The van der Waals surface area contributed by atoms with Gasteiger partial charge in [-0.1, -0.05) is 0 Å². The first-order valence-electron chi connectivity index (χ1n) is 6.72. The second-order valence-electron chi connectivity index (χ2n) is 5.27. The maximum Gasteiger partial charge on any atom is 0.187 e. The Morgan fingerprint density at radius 2 is 1.48 bits per heavy atom. The molecule has 5 N–H and O–H groups in total. The number of aliphatic hydroxyl groups excluding tert-OH is 5. The van der Waals surface area contributed by atoms with Crippen molar-refractivity contribution in [1.29, 1.82) is 0 Å². The summed E-state index contributed by atoms with van der Waals surface area (Å²) in [5, 5.41) is 48.8. The number of rotatable bonds is 3. The van der Waals surface area contributed by atoms with E-state index in [4.69, 9.17) is 18.9 Å². The second-order valence-corrected chi connectivity index (χ2v) is 5.27. The van der Waals surface area contributed by atoms with E-state index < -0.39 is 55.3 Å². The van der Waals surface area contributed by atoms with Crippen LogP contribution in [-0.2, 0) is 18.9 Å². The van der Waals surface area contributed by atoms with Crippen LogP contribution in [0.2, 0.25) is 0 Å². The normalized spacial score (nSPS) is 51.9. The number of hydrogen-bond acceptors (Lipinski definition) is 9. The molecule has 9 nitrogen and oxygen atoms in total. The Morgan fingerprint density at radius 3 is 2.10 bits per heavy atom. The van der Waals surface area contributed by atoms with Crippen LogP contribution >= 0.6 is 0 Å². The number of ether oxygens (including phenoxy) is 4. The summed E-state index contributed by atoms with van der Waals surface area (Å²) < 4.78 is 20.6. The molecule has 0 aromatic heterocycles. The maximum atomic E-state index is 9.96. The van der Waals surface area contributed by atoms with Crippen molar-refractivity contribution >= 4 is 0 Å². The second kappa shape index (κ2) is 6.82. The third-order valence-corrected chi connectivity index (χ3v) is 3.78. The van der Waals surface area contributed by atoms with Gasteiger partial charge in [0.2, 0.25) is 0 Å². The molecule has 124 valence electrons. The highest BCUT2D eigenvalue weighted by Gasteiger charge is 2.46. The molecule has 0 amide bonds. The third-order valence-electron chi connectivity index (χ3n) is 3.78. The lowest BCUT2D eigenvalue weighted by Gasteiger charge is -2.43. The fourth-order valence-corrected chi connectivity index (χ4v) is 2.39. The lowest BCUT2D eigenvalue weighted by Crippen LogP contribution is -2.61. The van der Waals surface area contributed by atoms with Crippen LogP contribution in [0.15, 0.2) is 0 Å². The molecule has 2 heterocycles. The Kier molecular flexibility index (Phi) is 5.52. The van der Waals surface area contributed by atoms with Gasteiger partial charge in [0.15, 0.2) is 12.6 Å². The monoisotopic (exact) mass is 310 g/mol. The van der Waals surface area contributed by atoms with Crippen molar-refractivity contribution in [2.45, 2.75) is 62.2 Å². The van der Waals surface area contributed by atoms with Gasteiger partial charge in [0.25, 0.3) is 0 Å². The molecule has 21 heavy (non-hydrogen) atoms. The van der Waals surface area contributed by atoms with Crippen molar-refractivity contribution in [1.82, 2.24) is 0 Å². The molecule has 2 fully saturated rings. The molecule has 0 bridgehead atoms. The lowest BCUT2D eigenvalue weighted by molar-refractivity contribution is -0.337. The van der Waals surface area contributed by atoms with E-state index in [0.717, 1.165) is 0 Å². The Morgan fingerprint density at radius 1 is 0.857 bits per heavy atom. The summed E-state index contributed by atoms with van der Waals surface area (Å²) in [6, 6.07) is 0. The zero-order valence-electron chi connectivity index (χ0n) is 11.8. The van der Waals surface area contributed by atoms with Gasteiger partial charge in [0.05, 0.1) is 12.7 Å². The molecule has 2 aliphatic heterocycles. The fourth-order valence-electron chi connectivity index (χ4n) is 2.39. The van der Waals surface area contributed by atoms with Crippen LogP contribution in [-0.4, -0.2) is 94.6 Å². The van der Waals surface area contributed by atoms with Gasteiger partial charge < -0.3 is 44.5 Å². The molecule has 0 radical (unpaired) electrons. The molecule has 0 aliphatic carbocycles. The average Bonchev–Trinajstić information content (AvgIpc) is 2.47. The van der Waals surface area contributed by atoms with Gasteiger partial charge in [-0.25, -0.2) is 0 Å². The van der Waals surface area contributed by atoms with Gasteiger partial charge in [-0.15, -0.1) is 0 Å². The zero-order chi connectivity index (χ0) is 15.7. The molecule has 2 saturated heterocycles. The minimum absolute atomic E-state index is 0.0870. The average molecular weight is 310 g/mol. The Hall–Kier alpha value is -0.360. The van der Waals surface area contributed by atoms with Crippen LogP contribution in [0.3, 0.4) is 0 Å². The molecule has 9 unspecified atom stereocenters. The summed E-state index contributed by atoms with van der Waals surface area (Å²) in [5.74, 6) is 0. The summed E-state index contributed by atoms with van der Waals surface area (Å²) >= 11 is 0. The van der Waals surface area contributed by atoms with E-state index >= 15 is 0 Å². The highest BCUT2D eigenvalue weighted by molar-refractivity contribution is 4.90. The summed E-state index contributed by atoms with van der Waals surface area (Å²) in [6.07, 6.45) is -10.7. The number of aliphatic hydroxyl groups is 5. The Balaban J connectivity index is 1.98. The van der Waals surface area contributed by atoms with Crippen molar-refractivity contribution in [2.24, 2.45) is 0 Å². The molecular formula is C12H22O9. The van der Waals surface area contributed by atoms with E-state index in [1.54, 1.807) is 0 Å². The summed E-state index contributed by atoms with van der Waals surface area (Å²) in [5.41, 5.74) is 0. The largest absolute Gasteiger partial charge is 0.388 e. The molecule has 2 rings (SSSR count). The molecule has 9 atom stereocenters. The van der Waals surface area contributed by atoms with Crippen molar-refractivity contribution < 1.29 is 44.5 Å². The lowest BCUT2D eigenvalue weighted by atomic mass is 9.99.